The van der Waals surface area contributed by atoms with Gasteiger partial charge in [-0.15, -0.1) is 0 Å². The summed E-state index contributed by atoms with van der Waals surface area (Å²) in [6.45, 7) is 0.590. The maximum absolute atomic E-state index is 11.8. The Labute approximate surface area is 131 Å². The van der Waals surface area contributed by atoms with Crippen LogP contribution >= 0.6 is 34.8 Å². The van der Waals surface area contributed by atoms with Crippen molar-refractivity contribution < 1.29 is 9.21 Å². The van der Waals surface area contributed by atoms with Gasteiger partial charge < -0.3 is 15.1 Å². The first-order valence-electron chi connectivity index (χ1n) is 5.74. The summed E-state index contributed by atoms with van der Waals surface area (Å²) < 4.78 is 5.13. The number of rotatable bonds is 5. The molecule has 7 heteroatoms. The first kappa shape index (κ1) is 15.2. The highest BCUT2D eigenvalue weighted by molar-refractivity contribution is 6.44. The van der Waals surface area contributed by atoms with Gasteiger partial charge in [0.15, 0.2) is 0 Å². The van der Waals surface area contributed by atoms with Gasteiger partial charge >= 0.3 is 0 Å². The van der Waals surface area contributed by atoms with Crippen LogP contribution in [0.25, 0.3) is 0 Å². The van der Waals surface area contributed by atoms with Crippen LogP contribution in [0.15, 0.2) is 34.9 Å². The molecule has 1 aromatic heterocycles. The predicted molar refractivity (Wildman–Crippen MR) is 80.5 cm³/mol. The Morgan fingerprint density at radius 2 is 1.90 bits per heavy atom. The number of carbonyl (C=O) groups excluding carboxylic acids is 1. The van der Waals surface area contributed by atoms with Crippen LogP contribution in [-0.4, -0.2) is 12.5 Å². The zero-order valence-electron chi connectivity index (χ0n) is 10.3. The van der Waals surface area contributed by atoms with Gasteiger partial charge in [-0.05, 0) is 24.3 Å². The van der Waals surface area contributed by atoms with Gasteiger partial charge in [0.25, 0.3) is 0 Å². The summed E-state index contributed by atoms with van der Waals surface area (Å²) in [5, 5.41) is 6.60. The van der Waals surface area contributed by atoms with Crippen LogP contribution in [0.3, 0.4) is 0 Å². The molecule has 20 heavy (non-hydrogen) atoms. The number of nitrogens with one attached hydrogen (secondary N) is 2. The molecule has 0 spiro atoms. The second-order valence-electron chi connectivity index (χ2n) is 3.98. The maximum Gasteiger partial charge on any atom is 0.238 e. The van der Waals surface area contributed by atoms with Crippen LogP contribution in [0.2, 0.25) is 15.1 Å². The van der Waals surface area contributed by atoms with Gasteiger partial charge in [-0.2, -0.15) is 0 Å². The minimum Gasteiger partial charge on any atom is -0.468 e. The Bertz CT molecular complexity index is 600. The zero-order valence-corrected chi connectivity index (χ0v) is 12.5. The number of furan rings is 1. The van der Waals surface area contributed by atoms with Crippen molar-refractivity contribution in [2.24, 2.45) is 0 Å². The number of anilines is 1. The Hall–Kier alpha value is -1.20. The fourth-order valence-electron chi connectivity index (χ4n) is 1.53. The molecule has 2 N–H and O–H groups in total. The summed E-state index contributed by atoms with van der Waals surface area (Å²) in [4.78, 5) is 11.8. The van der Waals surface area contributed by atoms with Crippen LogP contribution in [0, 0.1) is 0 Å². The summed E-state index contributed by atoms with van der Waals surface area (Å²) in [5.41, 5.74) is 0.422. The predicted octanol–water partition coefficient (Wildman–Crippen LogP) is 3.97. The molecule has 2 rings (SSSR count). The largest absolute Gasteiger partial charge is 0.468 e. The maximum atomic E-state index is 11.8. The number of carbonyl (C=O) groups is 1. The molecule has 0 saturated carbocycles. The molecule has 1 aromatic carbocycles. The van der Waals surface area contributed by atoms with E-state index < -0.39 is 0 Å². The Morgan fingerprint density at radius 1 is 1.15 bits per heavy atom. The van der Waals surface area contributed by atoms with E-state index in [1.54, 1.807) is 12.3 Å². The molecule has 1 heterocycles. The van der Waals surface area contributed by atoms with E-state index in [0.29, 0.717) is 27.3 Å². The van der Waals surface area contributed by atoms with E-state index >= 15 is 0 Å². The van der Waals surface area contributed by atoms with E-state index in [4.69, 9.17) is 39.2 Å². The molecule has 0 aliphatic rings. The number of hydrogen-bond donors (Lipinski definition) is 2. The minimum atomic E-state index is -0.239. The SMILES string of the molecule is O=C(CNCc1ccco1)Nc1cc(Cl)c(Cl)cc1Cl. The van der Waals surface area contributed by atoms with Crippen LogP contribution in [0.4, 0.5) is 5.69 Å². The number of amides is 1. The molecule has 0 saturated heterocycles. The van der Waals surface area contributed by atoms with Crippen molar-refractivity contribution in [3.8, 4) is 0 Å². The van der Waals surface area contributed by atoms with Crippen LogP contribution < -0.4 is 10.6 Å². The summed E-state index contributed by atoms with van der Waals surface area (Å²) >= 11 is 17.7. The summed E-state index contributed by atoms with van der Waals surface area (Å²) in [5.74, 6) is 0.516. The van der Waals surface area contributed by atoms with Gasteiger partial charge in [0.2, 0.25) is 5.91 Å². The minimum absolute atomic E-state index is 0.122. The van der Waals surface area contributed by atoms with E-state index in [1.807, 2.05) is 6.07 Å². The highest BCUT2D eigenvalue weighted by Gasteiger charge is 2.09. The molecular weight excluding hydrogens is 323 g/mol. The molecule has 0 radical (unpaired) electrons. The summed E-state index contributed by atoms with van der Waals surface area (Å²) in [6, 6.07) is 6.60. The first-order valence-corrected chi connectivity index (χ1v) is 6.87. The number of hydrogen-bond acceptors (Lipinski definition) is 3. The van der Waals surface area contributed by atoms with Crippen molar-refractivity contribution in [3.63, 3.8) is 0 Å². The average molecular weight is 334 g/mol. The van der Waals surface area contributed by atoms with Gasteiger partial charge in [-0.1, -0.05) is 34.8 Å². The Balaban J connectivity index is 1.86. The van der Waals surface area contributed by atoms with E-state index in [2.05, 4.69) is 10.6 Å². The molecule has 1 amide bonds. The number of benzene rings is 1. The normalized spacial score (nSPS) is 10.6. The van der Waals surface area contributed by atoms with E-state index in [1.165, 1.54) is 12.1 Å². The lowest BCUT2D eigenvalue weighted by molar-refractivity contribution is -0.115. The molecule has 0 fully saturated rings. The van der Waals surface area contributed by atoms with Crippen LogP contribution in [-0.2, 0) is 11.3 Å². The monoisotopic (exact) mass is 332 g/mol. The van der Waals surface area contributed by atoms with Gasteiger partial charge in [-0.25, -0.2) is 0 Å². The highest BCUT2D eigenvalue weighted by atomic mass is 35.5. The van der Waals surface area contributed by atoms with Gasteiger partial charge in [0.1, 0.15) is 5.76 Å². The van der Waals surface area contributed by atoms with Crippen molar-refractivity contribution in [2.75, 3.05) is 11.9 Å². The quantitative estimate of drug-likeness (QED) is 0.814. The lowest BCUT2D eigenvalue weighted by Crippen LogP contribution is -2.27. The van der Waals surface area contributed by atoms with Crippen molar-refractivity contribution in [1.82, 2.24) is 5.32 Å². The average Bonchev–Trinajstić information content (AvgIpc) is 2.89. The van der Waals surface area contributed by atoms with Crippen LogP contribution in [0.1, 0.15) is 5.76 Å². The molecule has 0 bridgehead atoms. The van der Waals surface area contributed by atoms with E-state index in [-0.39, 0.29) is 12.5 Å². The second-order valence-corrected chi connectivity index (χ2v) is 5.20. The Morgan fingerprint density at radius 3 is 2.60 bits per heavy atom. The first-order chi connectivity index (χ1) is 9.56. The fourth-order valence-corrected chi connectivity index (χ4v) is 2.12. The molecule has 4 nitrogen and oxygen atoms in total. The summed E-state index contributed by atoms with van der Waals surface area (Å²) in [7, 11) is 0. The topological polar surface area (TPSA) is 54.3 Å². The van der Waals surface area contributed by atoms with Crippen molar-refractivity contribution in [1.29, 1.82) is 0 Å². The fraction of sp³-hybridized carbons (Fsp3) is 0.154. The van der Waals surface area contributed by atoms with Crippen molar-refractivity contribution in [2.45, 2.75) is 6.54 Å². The molecule has 0 atom stereocenters. The molecule has 2 aromatic rings. The lowest BCUT2D eigenvalue weighted by atomic mass is 10.3. The van der Waals surface area contributed by atoms with Gasteiger partial charge in [0.05, 0.1) is 40.1 Å². The number of halogens is 3. The van der Waals surface area contributed by atoms with Gasteiger partial charge in [0, 0.05) is 0 Å². The third-order valence-corrected chi connectivity index (χ3v) is 3.48. The van der Waals surface area contributed by atoms with Crippen molar-refractivity contribution in [3.05, 3.63) is 51.4 Å². The molecular formula is C13H11Cl3N2O2. The van der Waals surface area contributed by atoms with Crippen LogP contribution in [0.5, 0.6) is 0 Å². The smallest absolute Gasteiger partial charge is 0.238 e. The standard InChI is InChI=1S/C13H11Cl3N2O2/c14-9-4-11(16)12(5-10(9)15)18-13(19)7-17-6-8-2-1-3-20-8/h1-5,17H,6-7H2,(H,18,19). The lowest BCUT2D eigenvalue weighted by Gasteiger charge is -2.09. The van der Waals surface area contributed by atoms with Gasteiger partial charge in [-0.3, -0.25) is 4.79 Å². The molecule has 0 aliphatic carbocycles. The summed E-state index contributed by atoms with van der Waals surface area (Å²) in [6.07, 6.45) is 1.58. The van der Waals surface area contributed by atoms with E-state index in [9.17, 15) is 4.79 Å². The molecule has 0 aliphatic heterocycles. The molecule has 0 unspecified atom stereocenters. The third-order valence-electron chi connectivity index (χ3n) is 2.45. The van der Waals surface area contributed by atoms with Crippen molar-refractivity contribution >= 4 is 46.4 Å². The molecule has 106 valence electrons. The zero-order chi connectivity index (χ0) is 14.5. The Kier molecular flexibility index (Phi) is 5.31. The highest BCUT2D eigenvalue weighted by Crippen LogP contribution is 2.32. The second kappa shape index (κ2) is 6.99. The third kappa shape index (κ3) is 4.15. The van der Waals surface area contributed by atoms with E-state index in [0.717, 1.165) is 5.76 Å².